The normalized spacial score (nSPS) is 16.8. The number of carbonyl (C=O) groups excluding carboxylic acids is 3. The van der Waals surface area contributed by atoms with Crippen LogP contribution in [0.25, 0.3) is 0 Å². The van der Waals surface area contributed by atoms with Crippen LogP contribution < -0.4 is 10.6 Å². The molecule has 7 heteroatoms. The van der Waals surface area contributed by atoms with Crippen LogP contribution in [0.4, 0.5) is 0 Å². The molecule has 0 aliphatic carbocycles. The molecule has 0 radical (unpaired) electrons. The maximum atomic E-state index is 12.7. The smallest absolute Gasteiger partial charge is 0.286 e. The molecule has 0 aromatic heterocycles. The predicted molar refractivity (Wildman–Crippen MR) is 198 cm³/mol. The average Bonchev–Trinajstić information content (AvgIpc) is 3.41. The van der Waals surface area contributed by atoms with Crippen molar-refractivity contribution >= 4 is 17.6 Å². The van der Waals surface area contributed by atoms with Gasteiger partial charge in [-0.25, -0.2) is 0 Å². The van der Waals surface area contributed by atoms with Gasteiger partial charge in [-0.15, -0.1) is 0 Å². The number of nitrogens with one attached hydrogen (secondary N) is 2. The summed E-state index contributed by atoms with van der Waals surface area (Å²) in [6.07, 6.45) is 35.3. The Labute approximate surface area is 289 Å². The maximum Gasteiger partial charge on any atom is 0.286 e. The van der Waals surface area contributed by atoms with Crippen LogP contribution >= 0.6 is 0 Å². The van der Waals surface area contributed by atoms with Crippen molar-refractivity contribution in [2.45, 2.75) is 84.2 Å². The van der Waals surface area contributed by atoms with Crippen LogP contribution in [-0.2, 0) is 24.7 Å². The van der Waals surface area contributed by atoms with Crippen molar-refractivity contribution in [2.75, 3.05) is 32.7 Å². The molecule has 0 fully saturated rings. The summed E-state index contributed by atoms with van der Waals surface area (Å²) in [7, 11) is 0. The van der Waals surface area contributed by atoms with Crippen molar-refractivity contribution in [1.82, 2.24) is 15.5 Å². The van der Waals surface area contributed by atoms with E-state index in [0.717, 1.165) is 64.5 Å². The Bertz CT molecular complexity index is 1310. The lowest BCUT2D eigenvalue weighted by Crippen LogP contribution is -2.37. The molecule has 1 aromatic rings. The molecule has 2 rings (SSSR count). The van der Waals surface area contributed by atoms with Gasteiger partial charge in [0, 0.05) is 37.7 Å². The third-order valence-electron chi connectivity index (χ3n) is 7.86. The first-order valence-corrected chi connectivity index (χ1v) is 17.6. The highest BCUT2D eigenvalue weighted by atomic mass is 16.5. The Hall–Kier alpha value is -4.23. The second kappa shape index (κ2) is 24.9. The molecular formula is C41H57N3O4. The second-order valence-corrected chi connectivity index (χ2v) is 11.7. The fourth-order valence-corrected chi connectivity index (χ4v) is 4.94. The Kier molecular flexibility index (Phi) is 20.7. The first kappa shape index (κ1) is 39.9. The van der Waals surface area contributed by atoms with Gasteiger partial charge in [0.25, 0.3) is 5.91 Å². The molecule has 260 valence electrons. The molecule has 48 heavy (non-hydrogen) atoms. The number of ether oxygens (including phenoxy) is 1. The maximum absolute atomic E-state index is 12.7. The quantitative estimate of drug-likeness (QED) is 0.0877. The molecule has 2 amide bonds. The molecule has 1 unspecified atom stereocenters. The zero-order chi connectivity index (χ0) is 34.7. The number of amides is 2. The van der Waals surface area contributed by atoms with E-state index in [1.807, 2.05) is 30.3 Å². The zero-order valence-corrected chi connectivity index (χ0v) is 29.4. The van der Waals surface area contributed by atoms with Crippen LogP contribution in [0, 0.1) is 0 Å². The van der Waals surface area contributed by atoms with Gasteiger partial charge in [-0.3, -0.25) is 14.4 Å². The second-order valence-electron chi connectivity index (χ2n) is 11.7. The molecule has 0 spiro atoms. The van der Waals surface area contributed by atoms with Gasteiger partial charge in [0.1, 0.15) is 0 Å². The Balaban J connectivity index is 1.48. The van der Waals surface area contributed by atoms with Crippen molar-refractivity contribution in [2.24, 2.45) is 0 Å². The molecule has 1 aliphatic rings. The van der Waals surface area contributed by atoms with Crippen molar-refractivity contribution in [3.8, 4) is 0 Å². The lowest BCUT2D eigenvalue weighted by Gasteiger charge is -2.24. The number of benzene rings is 1. The molecule has 1 atom stereocenters. The summed E-state index contributed by atoms with van der Waals surface area (Å²) in [4.78, 5) is 39.7. The van der Waals surface area contributed by atoms with Crippen LogP contribution in [0.1, 0.15) is 84.1 Å². The molecule has 2 N–H and O–H groups in total. The molecule has 1 aliphatic heterocycles. The van der Waals surface area contributed by atoms with E-state index in [0.29, 0.717) is 31.6 Å². The summed E-state index contributed by atoms with van der Waals surface area (Å²) in [6.45, 7) is 9.25. The molecule has 1 aromatic carbocycles. The van der Waals surface area contributed by atoms with Gasteiger partial charge in [-0.2, -0.15) is 0 Å². The minimum Gasteiger partial charge on any atom is -0.469 e. The third kappa shape index (κ3) is 16.6. The van der Waals surface area contributed by atoms with Crippen molar-refractivity contribution in [3.63, 3.8) is 0 Å². The van der Waals surface area contributed by atoms with Crippen LogP contribution in [-0.4, -0.2) is 55.2 Å². The van der Waals surface area contributed by atoms with Gasteiger partial charge in [0.2, 0.25) is 11.7 Å². The van der Waals surface area contributed by atoms with Gasteiger partial charge < -0.3 is 20.3 Å². The third-order valence-corrected chi connectivity index (χ3v) is 7.86. The minimum absolute atomic E-state index is 0.0427. The van der Waals surface area contributed by atoms with Crippen molar-refractivity contribution in [3.05, 3.63) is 121 Å². The highest BCUT2D eigenvalue weighted by Gasteiger charge is 2.43. The van der Waals surface area contributed by atoms with E-state index in [2.05, 4.69) is 102 Å². The summed E-state index contributed by atoms with van der Waals surface area (Å²) in [5, 5.41) is 5.86. The Morgan fingerprint density at radius 1 is 0.750 bits per heavy atom. The summed E-state index contributed by atoms with van der Waals surface area (Å²) in [5.41, 5.74) is -0.465. The number of allylic oxidation sites excluding steroid dienone is 12. The number of nitrogens with zero attached hydrogens (tertiary/aromatic N) is 1. The SMILES string of the molecule is CC/C=C\C/C=C\C/C=C\C/C=C\C/C=C\C/C=C\CCC(=O)NCCCN(CC)CCNC(=O)C1=CC(=O)C(C)(c2ccccc2)O1. The predicted octanol–water partition coefficient (Wildman–Crippen LogP) is 7.81. The Morgan fingerprint density at radius 3 is 1.88 bits per heavy atom. The largest absolute Gasteiger partial charge is 0.469 e. The van der Waals surface area contributed by atoms with E-state index in [4.69, 9.17) is 4.74 Å². The molecule has 1 heterocycles. The summed E-state index contributed by atoms with van der Waals surface area (Å²) in [5.74, 6) is -0.528. The fraction of sp³-hybridized carbons (Fsp3) is 0.439. The van der Waals surface area contributed by atoms with E-state index in [1.165, 1.54) is 6.08 Å². The first-order chi connectivity index (χ1) is 23.4. The number of hydrogen-bond acceptors (Lipinski definition) is 5. The standard InChI is InChI=1S/C41H57N3O4/c1-4-6-7-8-9-10-11-12-13-14-15-16-17-18-19-20-21-22-26-30-39(46)42-31-27-33-44(5-2)34-32-43-40(47)37-35-38(45)41(3,48-37)36-28-24-23-25-29-36/h6-7,9-10,12-13,15-16,18-19,21-25,28-29,35H,4-5,8,11,14,17,20,26-27,30-34H2,1-3H3,(H,42,46)(H,43,47)/b7-6-,10-9-,13-12-,16-15-,19-18-,22-21-. The van der Waals surface area contributed by atoms with Gasteiger partial charge in [0.15, 0.2) is 11.4 Å². The highest BCUT2D eigenvalue weighted by Crippen LogP contribution is 2.34. The van der Waals surface area contributed by atoms with Gasteiger partial charge in [0.05, 0.1) is 0 Å². The molecule has 0 bridgehead atoms. The van der Waals surface area contributed by atoms with Crippen LogP contribution in [0.5, 0.6) is 0 Å². The van der Waals surface area contributed by atoms with Gasteiger partial charge in [-0.05, 0) is 71.4 Å². The average molecular weight is 656 g/mol. The van der Waals surface area contributed by atoms with Crippen LogP contribution in [0.15, 0.2) is 115 Å². The number of likely N-dealkylation sites (N-methyl/N-ethyl adjacent to an activating group) is 1. The number of ketones is 1. The fourth-order valence-electron chi connectivity index (χ4n) is 4.94. The van der Waals surface area contributed by atoms with Gasteiger partial charge in [-0.1, -0.05) is 117 Å². The highest BCUT2D eigenvalue weighted by molar-refractivity contribution is 6.07. The Morgan fingerprint density at radius 2 is 1.31 bits per heavy atom. The van der Waals surface area contributed by atoms with Gasteiger partial charge >= 0.3 is 0 Å². The van der Waals surface area contributed by atoms with E-state index in [1.54, 1.807) is 6.92 Å². The van der Waals surface area contributed by atoms with Crippen LogP contribution in [0.3, 0.4) is 0 Å². The lowest BCUT2D eigenvalue weighted by atomic mass is 9.92. The first-order valence-electron chi connectivity index (χ1n) is 17.6. The van der Waals surface area contributed by atoms with Crippen molar-refractivity contribution in [1.29, 1.82) is 0 Å². The zero-order valence-electron chi connectivity index (χ0n) is 29.4. The number of rotatable bonds is 24. The van der Waals surface area contributed by atoms with Crippen molar-refractivity contribution < 1.29 is 19.1 Å². The molecule has 0 saturated heterocycles. The number of carbonyl (C=O) groups is 3. The molecule has 0 saturated carbocycles. The number of hydrogen-bond donors (Lipinski definition) is 2. The summed E-state index contributed by atoms with van der Waals surface area (Å²) in [6, 6.07) is 9.19. The van der Waals surface area contributed by atoms with Crippen LogP contribution in [0.2, 0.25) is 0 Å². The van der Waals surface area contributed by atoms with E-state index >= 15 is 0 Å². The molecular weight excluding hydrogens is 598 g/mol. The topological polar surface area (TPSA) is 87.7 Å². The van der Waals surface area contributed by atoms with E-state index in [-0.39, 0.29) is 17.4 Å². The lowest BCUT2D eigenvalue weighted by molar-refractivity contribution is -0.132. The molecule has 7 nitrogen and oxygen atoms in total. The monoisotopic (exact) mass is 655 g/mol. The summed E-state index contributed by atoms with van der Waals surface area (Å²) < 4.78 is 5.82. The minimum atomic E-state index is -1.18. The summed E-state index contributed by atoms with van der Waals surface area (Å²) >= 11 is 0. The van der Waals surface area contributed by atoms with E-state index < -0.39 is 11.5 Å². The van der Waals surface area contributed by atoms with E-state index in [9.17, 15) is 14.4 Å².